The van der Waals surface area contributed by atoms with E-state index < -0.39 is 0 Å². The minimum atomic E-state index is 0.0139. The molecule has 0 radical (unpaired) electrons. The van der Waals surface area contributed by atoms with Crippen LogP contribution in [0, 0.1) is 0 Å². The molecule has 1 aliphatic heterocycles. The number of benzene rings is 1. The molecule has 29 heavy (non-hydrogen) atoms. The summed E-state index contributed by atoms with van der Waals surface area (Å²) in [5, 5.41) is 9.50. The van der Waals surface area contributed by atoms with Gasteiger partial charge in [0.2, 0.25) is 5.91 Å². The van der Waals surface area contributed by atoms with Gasteiger partial charge in [0.15, 0.2) is 5.96 Å². The monoisotopic (exact) mass is 402 g/mol. The molecule has 2 amide bonds. The number of nitrogens with zero attached hydrogens (tertiary/aromatic N) is 3. The average molecular weight is 403 g/mol. The van der Waals surface area contributed by atoms with Crippen LogP contribution >= 0.6 is 0 Å². The lowest BCUT2D eigenvalue weighted by molar-refractivity contribution is -0.122. The Morgan fingerprint density at radius 3 is 2.59 bits per heavy atom. The summed E-state index contributed by atoms with van der Waals surface area (Å²) < 4.78 is 0. The molecule has 8 nitrogen and oxygen atoms in total. The van der Waals surface area contributed by atoms with E-state index in [0.29, 0.717) is 18.2 Å². The Morgan fingerprint density at radius 2 is 1.97 bits per heavy atom. The van der Waals surface area contributed by atoms with Crippen molar-refractivity contribution >= 4 is 17.8 Å². The molecule has 0 unspecified atom stereocenters. The Labute approximate surface area is 173 Å². The topological polar surface area (TPSA) is 89.1 Å². The van der Waals surface area contributed by atoms with E-state index in [1.807, 2.05) is 24.3 Å². The maximum atomic E-state index is 12.1. The summed E-state index contributed by atoms with van der Waals surface area (Å²) in [6.07, 6.45) is 2.76. The SMILES string of the molecule is CN=C(NCCc1cccc(C(=O)N(C)C)c1)NC1CCN(CC(=O)NC)CC1. The highest BCUT2D eigenvalue weighted by Crippen LogP contribution is 2.10. The molecule has 0 aromatic heterocycles. The Balaban J connectivity index is 1.75. The minimum Gasteiger partial charge on any atom is -0.358 e. The van der Waals surface area contributed by atoms with Crippen LogP contribution in [0.15, 0.2) is 29.3 Å². The van der Waals surface area contributed by atoms with Crippen LogP contribution in [-0.4, -0.2) is 88.0 Å². The number of amides is 2. The van der Waals surface area contributed by atoms with Gasteiger partial charge in [-0.1, -0.05) is 12.1 Å². The van der Waals surface area contributed by atoms with Crippen molar-refractivity contribution in [3.63, 3.8) is 0 Å². The second-order valence-electron chi connectivity index (χ2n) is 7.52. The van der Waals surface area contributed by atoms with E-state index in [1.54, 1.807) is 33.1 Å². The van der Waals surface area contributed by atoms with Gasteiger partial charge < -0.3 is 20.9 Å². The predicted molar refractivity (Wildman–Crippen MR) is 116 cm³/mol. The molecule has 160 valence electrons. The van der Waals surface area contributed by atoms with Crippen LogP contribution in [0.3, 0.4) is 0 Å². The lowest BCUT2D eigenvalue weighted by Crippen LogP contribution is -2.50. The van der Waals surface area contributed by atoms with Crippen LogP contribution in [0.4, 0.5) is 0 Å². The van der Waals surface area contributed by atoms with E-state index in [9.17, 15) is 9.59 Å². The van der Waals surface area contributed by atoms with Crippen molar-refractivity contribution in [1.29, 1.82) is 0 Å². The average Bonchev–Trinajstić information content (AvgIpc) is 2.73. The molecule has 0 atom stereocenters. The van der Waals surface area contributed by atoms with E-state index in [-0.39, 0.29) is 11.8 Å². The van der Waals surface area contributed by atoms with Crippen molar-refractivity contribution in [2.75, 3.05) is 54.4 Å². The van der Waals surface area contributed by atoms with E-state index >= 15 is 0 Å². The summed E-state index contributed by atoms with van der Waals surface area (Å²) in [7, 11) is 6.96. The number of carbonyl (C=O) groups excluding carboxylic acids is 2. The molecule has 0 saturated carbocycles. The molecule has 0 spiro atoms. The number of rotatable bonds is 7. The van der Waals surface area contributed by atoms with E-state index in [4.69, 9.17) is 0 Å². The molecular formula is C21H34N6O2. The van der Waals surface area contributed by atoms with Crippen LogP contribution < -0.4 is 16.0 Å². The second kappa shape index (κ2) is 11.4. The van der Waals surface area contributed by atoms with Crippen molar-refractivity contribution in [3.05, 3.63) is 35.4 Å². The summed E-state index contributed by atoms with van der Waals surface area (Å²) in [5.41, 5.74) is 1.82. The highest BCUT2D eigenvalue weighted by molar-refractivity contribution is 5.94. The summed E-state index contributed by atoms with van der Waals surface area (Å²) >= 11 is 0. The molecule has 1 aromatic rings. The number of guanidine groups is 1. The molecule has 2 rings (SSSR count). The van der Waals surface area contributed by atoms with Crippen molar-refractivity contribution in [3.8, 4) is 0 Å². The first kappa shape index (κ1) is 22.7. The zero-order valence-electron chi connectivity index (χ0n) is 18.0. The van der Waals surface area contributed by atoms with E-state index in [1.165, 1.54) is 0 Å². The highest BCUT2D eigenvalue weighted by atomic mass is 16.2. The van der Waals surface area contributed by atoms with Gasteiger partial charge in [-0.15, -0.1) is 0 Å². The molecule has 1 heterocycles. The zero-order valence-corrected chi connectivity index (χ0v) is 18.0. The molecule has 8 heteroatoms. The third-order valence-corrected chi connectivity index (χ3v) is 5.08. The first-order valence-electron chi connectivity index (χ1n) is 10.1. The van der Waals surface area contributed by atoms with Crippen LogP contribution in [0.25, 0.3) is 0 Å². The third-order valence-electron chi connectivity index (χ3n) is 5.08. The lowest BCUT2D eigenvalue weighted by Gasteiger charge is -2.32. The number of nitrogens with one attached hydrogen (secondary N) is 3. The van der Waals surface area contributed by atoms with Gasteiger partial charge in [0.05, 0.1) is 6.54 Å². The van der Waals surface area contributed by atoms with Crippen molar-refractivity contribution in [2.45, 2.75) is 25.3 Å². The molecule has 1 aliphatic rings. The quantitative estimate of drug-likeness (QED) is 0.451. The van der Waals surface area contributed by atoms with Gasteiger partial charge in [0.1, 0.15) is 0 Å². The highest BCUT2D eigenvalue weighted by Gasteiger charge is 2.21. The molecule has 0 aliphatic carbocycles. The van der Waals surface area contributed by atoms with Crippen molar-refractivity contribution in [2.24, 2.45) is 4.99 Å². The van der Waals surface area contributed by atoms with Gasteiger partial charge in [-0.05, 0) is 37.0 Å². The van der Waals surface area contributed by atoms with Gasteiger partial charge >= 0.3 is 0 Å². The van der Waals surface area contributed by atoms with E-state index in [2.05, 4.69) is 25.8 Å². The van der Waals surface area contributed by atoms with Crippen LogP contribution in [0.5, 0.6) is 0 Å². The minimum absolute atomic E-state index is 0.0139. The molecule has 3 N–H and O–H groups in total. The van der Waals surface area contributed by atoms with Gasteiger partial charge in [0.25, 0.3) is 5.91 Å². The van der Waals surface area contributed by atoms with Gasteiger partial charge in [-0.25, -0.2) is 0 Å². The van der Waals surface area contributed by atoms with Crippen LogP contribution in [0.2, 0.25) is 0 Å². The number of likely N-dealkylation sites (tertiary alicyclic amines) is 1. The van der Waals surface area contributed by atoms with Crippen molar-refractivity contribution in [1.82, 2.24) is 25.8 Å². The summed E-state index contributed by atoms with van der Waals surface area (Å²) in [6.45, 7) is 2.99. The Kier molecular flexibility index (Phi) is 8.92. The number of piperidine rings is 1. The molecule has 1 fully saturated rings. The van der Waals surface area contributed by atoms with Crippen molar-refractivity contribution < 1.29 is 9.59 Å². The predicted octanol–water partition coefficient (Wildman–Crippen LogP) is 0.306. The Hall–Kier alpha value is -2.61. The summed E-state index contributed by atoms with van der Waals surface area (Å²) in [4.78, 5) is 31.7. The fourth-order valence-corrected chi connectivity index (χ4v) is 3.35. The first-order chi connectivity index (χ1) is 13.9. The maximum Gasteiger partial charge on any atom is 0.253 e. The fraction of sp³-hybridized carbons (Fsp3) is 0.571. The smallest absolute Gasteiger partial charge is 0.253 e. The number of hydrogen-bond donors (Lipinski definition) is 3. The third kappa shape index (κ3) is 7.38. The number of aliphatic imine (C=N–C) groups is 1. The number of hydrogen-bond acceptors (Lipinski definition) is 4. The fourth-order valence-electron chi connectivity index (χ4n) is 3.35. The molecule has 1 aromatic carbocycles. The van der Waals surface area contributed by atoms with Gasteiger partial charge in [-0.3, -0.25) is 19.5 Å². The van der Waals surface area contributed by atoms with Gasteiger partial charge in [-0.2, -0.15) is 0 Å². The number of likely N-dealkylation sites (N-methyl/N-ethyl adjacent to an activating group) is 1. The number of carbonyl (C=O) groups is 2. The Bertz CT molecular complexity index is 711. The normalized spacial score (nSPS) is 15.7. The maximum absolute atomic E-state index is 12.1. The molecular weight excluding hydrogens is 368 g/mol. The largest absolute Gasteiger partial charge is 0.358 e. The van der Waals surface area contributed by atoms with Crippen LogP contribution in [-0.2, 0) is 11.2 Å². The Morgan fingerprint density at radius 1 is 1.24 bits per heavy atom. The summed E-state index contributed by atoms with van der Waals surface area (Å²) in [6, 6.07) is 8.10. The first-order valence-corrected chi connectivity index (χ1v) is 10.1. The molecule has 1 saturated heterocycles. The van der Waals surface area contributed by atoms with Crippen LogP contribution in [0.1, 0.15) is 28.8 Å². The summed E-state index contributed by atoms with van der Waals surface area (Å²) in [5.74, 6) is 0.862. The molecule has 0 bridgehead atoms. The lowest BCUT2D eigenvalue weighted by atomic mass is 10.1. The standard InChI is InChI=1S/C21H34N6O2/c1-22-19(28)15-27-12-9-18(10-13-27)25-21(23-2)24-11-8-16-6-5-7-17(14-16)20(29)26(3)4/h5-7,14,18H,8-13,15H2,1-4H3,(H,22,28)(H2,23,24,25). The van der Waals surface area contributed by atoms with E-state index in [0.717, 1.165) is 50.4 Å². The second-order valence-corrected chi connectivity index (χ2v) is 7.52. The van der Waals surface area contributed by atoms with Gasteiger partial charge in [0, 0.05) is 59.4 Å². The zero-order chi connectivity index (χ0) is 21.2.